The van der Waals surface area contributed by atoms with Gasteiger partial charge in [0.25, 0.3) is 5.56 Å². The molecule has 3 aromatic heterocycles. The Bertz CT molecular complexity index is 989. The number of fused-ring (bicyclic) bond motifs is 1. The van der Waals surface area contributed by atoms with Crippen molar-refractivity contribution in [3.05, 3.63) is 69.7 Å². The summed E-state index contributed by atoms with van der Waals surface area (Å²) in [6, 6.07) is 11.9. The molecular formula is C22H27N3O2. The average molecular weight is 365 g/mol. The van der Waals surface area contributed by atoms with Crippen molar-refractivity contribution in [3.63, 3.8) is 0 Å². The highest BCUT2D eigenvalue weighted by molar-refractivity contribution is 5.40. The highest BCUT2D eigenvalue weighted by Gasteiger charge is 2.26. The normalized spacial score (nSPS) is 18.7. The number of aromatic nitrogens is 2. The van der Waals surface area contributed by atoms with Gasteiger partial charge in [-0.05, 0) is 50.6 Å². The Kier molecular flexibility index (Phi) is 5.12. The fraction of sp³-hybridized carbons (Fsp3) is 0.455. The van der Waals surface area contributed by atoms with Crippen LogP contribution in [0.2, 0.25) is 0 Å². The minimum Gasteiger partial charge on any atom is -0.464 e. The number of furan rings is 1. The Labute approximate surface area is 159 Å². The van der Waals surface area contributed by atoms with Crippen LogP contribution in [0.3, 0.4) is 0 Å². The molecule has 5 heteroatoms. The molecule has 3 aromatic rings. The van der Waals surface area contributed by atoms with Gasteiger partial charge in [0.2, 0.25) is 0 Å². The number of pyridine rings is 1. The van der Waals surface area contributed by atoms with Gasteiger partial charge in [0, 0.05) is 24.7 Å². The van der Waals surface area contributed by atoms with Crippen molar-refractivity contribution in [3.8, 4) is 0 Å². The number of rotatable bonds is 4. The second kappa shape index (κ2) is 7.69. The summed E-state index contributed by atoms with van der Waals surface area (Å²) in [5, 5.41) is 0. The third kappa shape index (κ3) is 3.69. The molecule has 0 aromatic carbocycles. The van der Waals surface area contributed by atoms with Gasteiger partial charge in [-0.3, -0.25) is 14.1 Å². The molecular weight excluding hydrogens is 338 g/mol. The van der Waals surface area contributed by atoms with E-state index in [-0.39, 0.29) is 11.6 Å². The van der Waals surface area contributed by atoms with Gasteiger partial charge in [-0.25, -0.2) is 4.98 Å². The molecule has 4 heterocycles. The van der Waals surface area contributed by atoms with Crippen LogP contribution in [-0.4, -0.2) is 20.8 Å². The maximum atomic E-state index is 12.6. The summed E-state index contributed by atoms with van der Waals surface area (Å²) in [6.07, 6.45) is 5.61. The highest BCUT2D eigenvalue weighted by Crippen LogP contribution is 2.32. The molecule has 0 radical (unpaired) electrons. The van der Waals surface area contributed by atoms with Gasteiger partial charge in [-0.15, -0.1) is 0 Å². The smallest absolute Gasteiger partial charge is 0.258 e. The molecule has 4 rings (SSSR count). The fourth-order valence-electron chi connectivity index (χ4n) is 4.10. The zero-order chi connectivity index (χ0) is 18.8. The second-order valence-corrected chi connectivity index (χ2v) is 7.44. The number of nitrogens with zero attached hydrogens (tertiary/aromatic N) is 3. The van der Waals surface area contributed by atoms with Crippen LogP contribution in [0, 0.1) is 6.92 Å². The molecule has 0 N–H and O–H groups in total. The first kappa shape index (κ1) is 18.0. The lowest BCUT2D eigenvalue weighted by molar-refractivity contribution is 0.166. The minimum absolute atomic E-state index is 0.00857. The van der Waals surface area contributed by atoms with Crippen LogP contribution < -0.4 is 5.56 Å². The van der Waals surface area contributed by atoms with E-state index in [9.17, 15) is 4.79 Å². The Morgan fingerprint density at radius 2 is 2.07 bits per heavy atom. The number of hydrogen-bond acceptors (Lipinski definition) is 4. The molecule has 5 nitrogen and oxygen atoms in total. The molecule has 0 bridgehead atoms. The topological polar surface area (TPSA) is 50.8 Å². The first-order chi connectivity index (χ1) is 13.2. The Hall–Kier alpha value is -2.40. The number of likely N-dealkylation sites (tertiary alicyclic amines) is 1. The van der Waals surface area contributed by atoms with E-state index >= 15 is 0 Å². The molecule has 1 unspecified atom stereocenters. The molecule has 1 aliphatic rings. The lowest BCUT2D eigenvalue weighted by Crippen LogP contribution is -2.29. The summed E-state index contributed by atoms with van der Waals surface area (Å²) in [6.45, 7) is 5.72. The van der Waals surface area contributed by atoms with E-state index in [1.165, 1.54) is 19.3 Å². The van der Waals surface area contributed by atoms with Crippen LogP contribution in [0.1, 0.15) is 61.6 Å². The van der Waals surface area contributed by atoms with Crippen molar-refractivity contribution in [2.75, 3.05) is 6.54 Å². The molecule has 0 aliphatic carbocycles. The Morgan fingerprint density at radius 1 is 1.19 bits per heavy atom. The number of hydrogen-bond donors (Lipinski definition) is 0. The molecule has 1 aliphatic heterocycles. The van der Waals surface area contributed by atoms with Crippen LogP contribution in [0.15, 0.2) is 45.6 Å². The second-order valence-electron chi connectivity index (χ2n) is 7.44. The quantitative estimate of drug-likeness (QED) is 0.693. The SMILES string of the molecule is CCc1ccc(C2CCCCCN2Cc2cc(=O)n3c(C)cccc3n2)o1. The average Bonchev–Trinajstić information content (AvgIpc) is 3.01. The van der Waals surface area contributed by atoms with Crippen LogP contribution in [0.5, 0.6) is 0 Å². The summed E-state index contributed by atoms with van der Waals surface area (Å²) in [7, 11) is 0. The predicted molar refractivity (Wildman–Crippen MR) is 106 cm³/mol. The Balaban J connectivity index is 1.66. The summed E-state index contributed by atoms with van der Waals surface area (Å²) < 4.78 is 7.75. The van der Waals surface area contributed by atoms with Crippen LogP contribution >= 0.6 is 0 Å². The van der Waals surface area contributed by atoms with Crippen molar-refractivity contribution in [2.45, 2.75) is 58.5 Å². The molecule has 1 atom stereocenters. The van der Waals surface area contributed by atoms with E-state index in [1.54, 1.807) is 10.5 Å². The van der Waals surface area contributed by atoms with Gasteiger partial charge < -0.3 is 4.42 Å². The molecule has 1 fully saturated rings. The van der Waals surface area contributed by atoms with Crippen molar-refractivity contribution in [1.29, 1.82) is 0 Å². The molecule has 142 valence electrons. The molecule has 0 amide bonds. The molecule has 0 saturated carbocycles. The number of aryl methyl sites for hydroxylation is 2. The standard InChI is InChI=1S/C22H27N3O2/c1-3-18-11-12-20(27-18)19-9-5-4-6-13-24(19)15-17-14-22(26)25-16(2)8-7-10-21(25)23-17/h7-8,10-12,14,19H,3-6,9,13,15H2,1-2H3. The van der Waals surface area contributed by atoms with Crippen molar-refractivity contribution in [1.82, 2.24) is 14.3 Å². The van der Waals surface area contributed by atoms with Gasteiger partial charge in [0.05, 0.1) is 11.7 Å². The lowest BCUT2D eigenvalue weighted by atomic mass is 10.1. The summed E-state index contributed by atoms with van der Waals surface area (Å²) in [5.41, 5.74) is 2.45. The summed E-state index contributed by atoms with van der Waals surface area (Å²) >= 11 is 0. The van der Waals surface area contributed by atoms with Crippen LogP contribution in [0.4, 0.5) is 0 Å². The largest absolute Gasteiger partial charge is 0.464 e. The van der Waals surface area contributed by atoms with E-state index in [0.717, 1.165) is 47.9 Å². The maximum absolute atomic E-state index is 12.6. The predicted octanol–water partition coefficient (Wildman–Crippen LogP) is 4.28. The van der Waals surface area contributed by atoms with Gasteiger partial charge >= 0.3 is 0 Å². The zero-order valence-corrected chi connectivity index (χ0v) is 16.1. The summed E-state index contributed by atoms with van der Waals surface area (Å²) in [4.78, 5) is 19.8. The maximum Gasteiger partial charge on any atom is 0.258 e. The monoisotopic (exact) mass is 365 g/mol. The first-order valence-electron chi connectivity index (χ1n) is 9.96. The van der Waals surface area contributed by atoms with E-state index in [4.69, 9.17) is 9.40 Å². The third-order valence-corrected chi connectivity index (χ3v) is 5.52. The van der Waals surface area contributed by atoms with Gasteiger partial charge in [0.15, 0.2) is 0 Å². The van der Waals surface area contributed by atoms with Crippen molar-refractivity contribution >= 4 is 5.65 Å². The van der Waals surface area contributed by atoms with E-state index in [2.05, 4.69) is 24.0 Å². The molecule has 0 spiro atoms. The highest BCUT2D eigenvalue weighted by atomic mass is 16.3. The first-order valence-corrected chi connectivity index (χ1v) is 9.96. The van der Waals surface area contributed by atoms with Crippen LogP contribution in [0.25, 0.3) is 5.65 Å². The van der Waals surface area contributed by atoms with E-state index < -0.39 is 0 Å². The third-order valence-electron chi connectivity index (χ3n) is 5.52. The minimum atomic E-state index is -0.00857. The lowest BCUT2D eigenvalue weighted by Gasteiger charge is -2.28. The molecule has 1 saturated heterocycles. The van der Waals surface area contributed by atoms with Crippen LogP contribution in [-0.2, 0) is 13.0 Å². The van der Waals surface area contributed by atoms with Gasteiger partial charge in [-0.2, -0.15) is 0 Å². The Morgan fingerprint density at radius 3 is 2.89 bits per heavy atom. The van der Waals surface area contributed by atoms with Crippen molar-refractivity contribution in [2.24, 2.45) is 0 Å². The van der Waals surface area contributed by atoms with E-state index in [0.29, 0.717) is 6.54 Å². The molecule has 27 heavy (non-hydrogen) atoms. The van der Waals surface area contributed by atoms with E-state index in [1.807, 2.05) is 25.1 Å². The fourth-order valence-corrected chi connectivity index (χ4v) is 4.10. The zero-order valence-electron chi connectivity index (χ0n) is 16.1. The van der Waals surface area contributed by atoms with Crippen molar-refractivity contribution < 1.29 is 4.42 Å². The van der Waals surface area contributed by atoms with Gasteiger partial charge in [-0.1, -0.05) is 25.8 Å². The van der Waals surface area contributed by atoms with Gasteiger partial charge in [0.1, 0.15) is 17.2 Å². The summed E-state index contributed by atoms with van der Waals surface area (Å²) in [5.74, 6) is 2.08.